The Balaban J connectivity index is 1.92. The van der Waals surface area contributed by atoms with Crippen molar-refractivity contribution in [3.8, 4) is 11.8 Å². The molecule has 4 heteroatoms. The van der Waals surface area contributed by atoms with Crippen LogP contribution >= 0.6 is 0 Å². The van der Waals surface area contributed by atoms with Crippen LogP contribution in [0.2, 0.25) is 0 Å². The minimum atomic E-state index is -0.0655. The lowest BCUT2D eigenvalue weighted by atomic mass is 10.0. The Labute approximate surface area is 125 Å². The molecule has 112 valence electrons. The highest BCUT2D eigenvalue weighted by Gasteiger charge is 2.23. The van der Waals surface area contributed by atoms with Crippen molar-refractivity contribution in [1.29, 1.82) is 0 Å². The van der Waals surface area contributed by atoms with Gasteiger partial charge in [0.1, 0.15) is 0 Å². The molecule has 1 aromatic carbocycles. The third kappa shape index (κ3) is 4.59. The van der Waals surface area contributed by atoms with Crippen molar-refractivity contribution in [2.75, 3.05) is 19.8 Å². The van der Waals surface area contributed by atoms with E-state index in [9.17, 15) is 4.79 Å². The number of hydrogen-bond acceptors (Lipinski definition) is 3. The van der Waals surface area contributed by atoms with Crippen LogP contribution in [0.4, 0.5) is 0 Å². The second-order valence-corrected chi connectivity index (χ2v) is 5.24. The van der Waals surface area contributed by atoms with Crippen molar-refractivity contribution in [2.24, 2.45) is 5.92 Å². The molecule has 2 N–H and O–H groups in total. The van der Waals surface area contributed by atoms with E-state index in [1.807, 2.05) is 19.1 Å². The number of aliphatic hydroxyl groups excluding tert-OH is 1. The molecule has 1 aromatic rings. The van der Waals surface area contributed by atoms with E-state index >= 15 is 0 Å². The van der Waals surface area contributed by atoms with Crippen molar-refractivity contribution < 1.29 is 14.6 Å². The molecule has 0 aromatic heterocycles. The van der Waals surface area contributed by atoms with Crippen molar-refractivity contribution in [2.45, 2.75) is 25.8 Å². The number of amides is 1. The van der Waals surface area contributed by atoms with Crippen molar-refractivity contribution in [1.82, 2.24) is 5.32 Å². The Morgan fingerprint density at radius 3 is 2.86 bits per heavy atom. The second-order valence-electron chi connectivity index (χ2n) is 5.24. The van der Waals surface area contributed by atoms with Gasteiger partial charge in [-0.15, -0.1) is 0 Å². The number of rotatable bonds is 4. The fraction of sp³-hybridized carbons (Fsp3) is 0.471. The van der Waals surface area contributed by atoms with Crippen LogP contribution in [-0.2, 0) is 4.74 Å². The first-order valence-corrected chi connectivity index (χ1v) is 7.29. The first-order valence-electron chi connectivity index (χ1n) is 7.29. The van der Waals surface area contributed by atoms with Crippen molar-refractivity contribution in [3.63, 3.8) is 0 Å². The van der Waals surface area contributed by atoms with Crippen LogP contribution in [0.15, 0.2) is 24.3 Å². The third-order valence-corrected chi connectivity index (χ3v) is 3.65. The average Bonchev–Trinajstić information content (AvgIpc) is 3.02. The topological polar surface area (TPSA) is 58.6 Å². The third-order valence-electron chi connectivity index (χ3n) is 3.65. The van der Waals surface area contributed by atoms with Gasteiger partial charge in [-0.1, -0.05) is 11.8 Å². The van der Waals surface area contributed by atoms with E-state index in [1.165, 1.54) is 0 Å². The lowest BCUT2D eigenvalue weighted by Crippen LogP contribution is -2.38. The molecule has 1 aliphatic rings. The van der Waals surface area contributed by atoms with Crippen LogP contribution in [0.3, 0.4) is 0 Å². The lowest BCUT2D eigenvalue weighted by Gasteiger charge is -2.19. The Bertz CT molecular complexity index is 521. The number of carbonyl (C=O) groups excluding carboxylic acids is 1. The van der Waals surface area contributed by atoms with Crippen LogP contribution in [0, 0.1) is 17.8 Å². The van der Waals surface area contributed by atoms with Gasteiger partial charge in [0.2, 0.25) is 0 Å². The molecule has 1 saturated heterocycles. The molecule has 0 bridgehead atoms. The summed E-state index contributed by atoms with van der Waals surface area (Å²) < 4.78 is 5.34. The van der Waals surface area contributed by atoms with Gasteiger partial charge in [-0.3, -0.25) is 4.79 Å². The molecule has 21 heavy (non-hydrogen) atoms. The normalized spacial score (nSPS) is 18.7. The van der Waals surface area contributed by atoms with Gasteiger partial charge < -0.3 is 15.2 Å². The summed E-state index contributed by atoms with van der Waals surface area (Å²) in [5.41, 5.74) is 1.48. The zero-order valence-corrected chi connectivity index (χ0v) is 12.3. The maximum Gasteiger partial charge on any atom is 0.251 e. The fourth-order valence-corrected chi connectivity index (χ4v) is 2.28. The zero-order chi connectivity index (χ0) is 15.1. The lowest BCUT2D eigenvalue weighted by molar-refractivity contribution is 0.0922. The fourth-order valence-electron chi connectivity index (χ4n) is 2.28. The maximum absolute atomic E-state index is 12.2. The SMILES string of the molecule is CC(NC(=O)c1ccc(C#CCCO)cc1)C1CCOC1. The zero-order valence-electron chi connectivity index (χ0n) is 12.3. The number of aliphatic hydroxyl groups is 1. The molecule has 2 atom stereocenters. The van der Waals surface area contributed by atoms with Gasteiger partial charge in [0, 0.05) is 36.1 Å². The van der Waals surface area contributed by atoms with E-state index in [0.717, 1.165) is 25.2 Å². The van der Waals surface area contributed by atoms with Gasteiger partial charge >= 0.3 is 0 Å². The van der Waals surface area contributed by atoms with Crippen LogP contribution in [0.25, 0.3) is 0 Å². The number of benzene rings is 1. The Kier molecular flexibility index (Phi) is 5.79. The van der Waals surface area contributed by atoms with E-state index in [1.54, 1.807) is 12.1 Å². The minimum absolute atomic E-state index is 0.0655. The summed E-state index contributed by atoms with van der Waals surface area (Å²) in [5, 5.41) is 11.7. The largest absolute Gasteiger partial charge is 0.395 e. The number of ether oxygens (including phenoxy) is 1. The molecular weight excluding hydrogens is 266 g/mol. The summed E-state index contributed by atoms with van der Waals surface area (Å²) in [6.07, 6.45) is 1.46. The van der Waals surface area contributed by atoms with Crippen LogP contribution in [-0.4, -0.2) is 36.9 Å². The highest BCUT2D eigenvalue weighted by Crippen LogP contribution is 2.16. The molecule has 1 amide bonds. The Hall–Kier alpha value is -1.83. The maximum atomic E-state index is 12.2. The van der Waals surface area contributed by atoms with Crippen molar-refractivity contribution in [3.05, 3.63) is 35.4 Å². The highest BCUT2D eigenvalue weighted by molar-refractivity contribution is 5.94. The molecule has 1 aliphatic heterocycles. The summed E-state index contributed by atoms with van der Waals surface area (Å²) in [6.45, 7) is 3.59. The molecule has 1 heterocycles. The molecule has 4 nitrogen and oxygen atoms in total. The minimum Gasteiger partial charge on any atom is -0.395 e. The second kappa shape index (κ2) is 7.82. The quantitative estimate of drug-likeness (QED) is 0.827. The molecule has 0 aliphatic carbocycles. The monoisotopic (exact) mass is 287 g/mol. The summed E-state index contributed by atoms with van der Waals surface area (Å²) in [7, 11) is 0. The van der Waals surface area contributed by atoms with Crippen LogP contribution < -0.4 is 5.32 Å². The van der Waals surface area contributed by atoms with E-state index in [0.29, 0.717) is 17.9 Å². The van der Waals surface area contributed by atoms with Gasteiger partial charge in [-0.2, -0.15) is 0 Å². The van der Waals surface area contributed by atoms with E-state index in [2.05, 4.69) is 17.2 Å². The van der Waals surface area contributed by atoms with E-state index in [-0.39, 0.29) is 18.6 Å². The highest BCUT2D eigenvalue weighted by atomic mass is 16.5. The van der Waals surface area contributed by atoms with Crippen LogP contribution in [0.5, 0.6) is 0 Å². The molecule has 2 rings (SSSR count). The van der Waals surface area contributed by atoms with Gasteiger partial charge in [0.05, 0.1) is 13.2 Å². The first kappa shape index (κ1) is 15.6. The summed E-state index contributed by atoms with van der Waals surface area (Å²) in [6, 6.07) is 7.31. The standard InChI is InChI=1S/C17H21NO3/c1-13(16-9-11-21-12-16)18-17(20)15-7-5-14(6-8-15)4-2-3-10-19/h5-8,13,16,19H,3,9-12H2,1H3,(H,18,20). The summed E-state index contributed by atoms with van der Waals surface area (Å²) >= 11 is 0. The van der Waals surface area contributed by atoms with Gasteiger partial charge in [-0.05, 0) is 37.6 Å². The van der Waals surface area contributed by atoms with Crippen LogP contribution in [0.1, 0.15) is 35.7 Å². The van der Waals surface area contributed by atoms with Gasteiger partial charge in [0.15, 0.2) is 0 Å². The van der Waals surface area contributed by atoms with Gasteiger partial charge in [0.25, 0.3) is 5.91 Å². The molecule has 0 radical (unpaired) electrons. The summed E-state index contributed by atoms with van der Waals surface area (Å²) in [5.74, 6) is 6.13. The van der Waals surface area contributed by atoms with Gasteiger partial charge in [-0.25, -0.2) is 0 Å². The molecule has 0 spiro atoms. The number of hydrogen-bond donors (Lipinski definition) is 2. The smallest absolute Gasteiger partial charge is 0.251 e. The van der Waals surface area contributed by atoms with Crippen molar-refractivity contribution >= 4 is 5.91 Å². The predicted octanol–water partition coefficient (Wildman–Crippen LogP) is 1.58. The average molecular weight is 287 g/mol. The predicted molar refractivity (Wildman–Crippen MR) is 80.9 cm³/mol. The molecule has 1 fully saturated rings. The summed E-state index contributed by atoms with van der Waals surface area (Å²) in [4.78, 5) is 12.2. The number of carbonyl (C=O) groups is 1. The number of nitrogens with one attached hydrogen (secondary N) is 1. The van der Waals surface area contributed by atoms with E-state index in [4.69, 9.17) is 9.84 Å². The molecule has 2 unspecified atom stereocenters. The first-order chi connectivity index (χ1) is 10.2. The molecular formula is C17H21NO3. The Morgan fingerprint density at radius 2 is 2.24 bits per heavy atom. The van der Waals surface area contributed by atoms with E-state index < -0.39 is 0 Å². The molecule has 0 saturated carbocycles. The Morgan fingerprint density at radius 1 is 1.48 bits per heavy atom.